The van der Waals surface area contributed by atoms with Crippen LogP contribution in [0.3, 0.4) is 0 Å². The van der Waals surface area contributed by atoms with Gasteiger partial charge in [-0.1, -0.05) is 84.6 Å². The number of thioether (sulfide) groups is 1. The Morgan fingerprint density at radius 3 is 2.21 bits per heavy atom. The van der Waals surface area contributed by atoms with Crippen molar-refractivity contribution < 1.29 is 9.53 Å². The number of aromatic nitrogens is 4. The van der Waals surface area contributed by atoms with Gasteiger partial charge in [-0.05, 0) is 47.5 Å². The lowest BCUT2D eigenvalue weighted by Gasteiger charge is -2.22. The van der Waals surface area contributed by atoms with Gasteiger partial charge in [0, 0.05) is 0 Å². The fourth-order valence-corrected chi connectivity index (χ4v) is 4.24. The Bertz CT molecular complexity index is 1140. The van der Waals surface area contributed by atoms with Crippen LogP contribution in [-0.4, -0.2) is 38.0 Å². The van der Waals surface area contributed by atoms with Gasteiger partial charge in [0.05, 0.1) is 17.9 Å². The molecular formula is C25H25N5O2S. The highest BCUT2D eigenvalue weighted by Gasteiger charge is 2.24. The van der Waals surface area contributed by atoms with E-state index in [1.54, 1.807) is 4.68 Å². The maximum absolute atomic E-state index is 13.2. The van der Waals surface area contributed by atoms with Crippen molar-refractivity contribution in [3.8, 4) is 11.4 Å². The number of carbonyl (C=O) groups excluding carboxylic acids is 1. The van der Waals surface area contributed by atoms with Crippen LogP contribution < -0.4 is 10.1 Å². The van der Waals surface area contributed by atoms with Crippen LogP contribution in [0, 0.1) is 0 Å². The second-order valence-electron chi connectivity index (χ2n) is 7.30. The lowest BCUT2D eigenvalue weighted by atomic mass is 9.98. The van der Waals surface area contributed by atoms with Gasteiger partial charge in [-0.2, -0.15) is 4.68 Å². The number of ether oxygens (including phenoxy) is 1. The van der Waals surface area contributed by atoms with Crippen LogP contribution in [0.15, 0.2) is 90.1 Å². The number of hydrogen-bond acceptors (Lipinski definition) is 6. The fraction of sp³-hybridized carbons (Fsp3) is 0.200. The van der Waals surface area contributed by atoms with E-state index < -0.39 is 5.25 Å². The SMILES string of the molecule is CCOc1ccccc1-n1nnnc1SC(C)C(=O)NC(c1ccccc1)c1ccccc1. The molecule has 0 radical (unpaired) electrons. The minimum Gasteiger partial charge on any atom is -0.492 e. The first-order chi connectivity index (χ1) is 16.2. The number of carbonyl (C=O) groups is 1. The first-order valence-corrected chi connectivity index (χ1v) is 11.6. The number of amides is 1. The molecule has 0 aliphatic heterocycles. The molecule has 8 heteroatoms. The highest BCUT2D eigenvalue weighted by atomic mass is 32.2. The molecule has 1 amide bonds. The molecule has 0 saturated carbocycles. The van der Waals surface area contributed by atoms with E-state index in [2.05, 4.69) is 20.8 Å². The fourth-order valence-electron chi connectivity index (χ4n) is 3.43. The summed E-state index contributed by atoms with van der Waals surface area (Å²) in [5.74, 6) is 0.574. The predicted octanol–water partition coefficient (Wildman–Crippen LogP) is 4.45. The van der Waals surface area contributed by atoms with Crippen LogP contribution in [0.1, 0.15) is 31.0 Å². The summed E-state index contributed by atoms with van der Waals surface area (Å²) in [6.45, 7) is 4.30. The van der Waals surface area contributed by atoms with Gasteiger partial charge in [-0.15, -0.1) is 5.10 Å². The van der Waals surface area contributed by atoms with Crippen LogP contribution in [0.25, 0.3) is 5.69 Å². The summed E-state index contributed by atoms with van der Waals surface area (Å²) in [7, 11) is 0. The quantitative estimate of drug-likeness (QED) is 0.373. The summed E-state index contributed by atoms with van der Waals surface area (Å²) in [4.78, 5) is 13.2. The van der Waals surface area contributed by atoms with Gasteiger partial charge in [0.2, 0.25) is 11.1 Å². The zero-order valence-electron chi connectivity index (χ0n) is 18.5. The Morgan fingerprint density at radius 1 is 0.970 bits per heavy atom. The third kappa shape index (κ3) is 5.40. The van der Waals surface area contributed by atoms with E-state index in [-0.39, 0.29) is 11.9 Å². The molecule has 7 nitrogen and oxygen atoms in total. The molecule has 0 saturated heterocycles. The molecule has 0 spiro atoms. The van der Waals surface area contributed by atoms with E-state index in [0.717, 1.165) is 16.8 Å². The molecule has 33 heavy (non-hydrogen) atoms. The van der Waals surface area contributed by atoms with E-state index >= 15 is 0 Å². The molecule has 1 heterocycles. The van der Waals surface area contributed by atoms with Crippen molar-refractivity contribution in [2.24, 2.45) is 0 Å². The number of para-hydroxylation sites is 2. The molecule has 1 atom stereocenters. The van der Waals surface area contributed by atoms with Crippen LogP contribution in [0.5, 0.6) is 5.75 Å². The number of hydrogen-bond donors (Lipinski definition) is 1. The Hall–Kier alpha value is -3.65. The normalized spacial score (nSPS) is 11.8. The van der Waals surface area contributed by atoms with Gasteiger partial charge < -0.3 is 10.1 Å². The summed E-state index contributed by atoms with van der Waals surface area (Å²) >= 11 is 1.30. The number of tetrazole rings is 1. The van der Waals surface area contributed by atoms with Crippen molar-refractivity contribution in [1.82, 2.24) is 25.5 Å². The number of benzene rings is 3. The van der Waals surface area contributed by atoms with Crippen molar-refractivity contribution in [1.29, 1.82) is 0 Å². The summed E-state index contributed by atoms with van der Waals surface area (Å²) in [5, 5.41) is 15.4. The third-order valence-electron chi connectivity index (χ3n) is 5.04. The molecule has 1 N–H and O–H groups in total. The van der Waals surface area contributed by atoms with Gasteiger partial charge in [0.1, 0.15) is 11.4 Å². The molecule has 4 aromatic rings. The largest absolute Gasteiger partial charge is 0.492 e. The summed E-state index contributed by atoms with van der Waals surface area (Å²) in [6.07, 6.45) is 0. The molecule has 0 aliphatic carbocycles. The van der Waals surface area contributed by atoms with Gasteiger partial charge in [0.25, 0.3) is 0 Å². The number of nitrogens with zero attached hydrogens (tertiary/aromatic N) is 4. The van der Waals surface area contributed by atoms with Crippen LogP contribution in [0.4, 0.5) is 0 Å². The average molecular weight is 460 g/mol. The van der Waals surface area contributed by atoms with E-state index in [0.29, 0.717) is 17.5 Å². The van der Waals surface area contributed by atoms with E-state index in [1.165, 1.54) is 11.8 Å². The Morgan fingerprint density at radius 2 is 1.58 bits per heavy atom. The van der Waals surface area contributed by atoms with Crippen molar-refractivity contribution >= 4 is 17.7 Å². The van der Waals surface area contributed by atoms with Gasteiger partial charge in [-0.25, -0.2) is 0 Å². The lowest BCUT2D eigenvalue weighted by molar-refractivity contribution is -0.120. The van der Waals surface area contributed by atoms with Crippen molar-refractivity contribution in [3.63, 3.8) is 0 Å². The predicted molar refractivity (Wildman–Crippen MR) is 129 cm³/mol. The van der Waals surface area contributed by atoms with Crippen LogP contribution in [-0.2, 0) is 4.79 Å². The lowest BCUT2D eigenvalue weighted by Crippen LogP contribution is -2.35. The topological polar surface area (TPSA) is 81.9 Å². The van der Waals surface area contributed by atoms with E-state index in [1.807, 2.05) is 98.8 Å². The Labute approximate surface area is 197 Å². The molecule has 1 unspecified atom stereocenters. The minimum absolute atomic E-state index is 0.106. The Balaban J connectivity index is 1.53. The molecule has 1 aromatic heterocycles. The molecular weight excluding hydrogens is 434 g/mol. The molecule has 0 fully saturated rings. The van der Waals surface area contributed by atoms with Gasteiger partial charge in [0.15, 0.2) is 0 Å². The van der Waals surface area contributed by atoms with Crippen molar-refractivity contribution in [2.45, 2.75) is 30.3 Å². The van der Waals surface area contributed by atoms with Crippen molar-refractivity contribution in [3.05, 3.63) is 96.1 Å². The monoisotopic (exact) mass is 459 g/mol. The van der Waals surface area contributed by atoms with E-state index in [9.17, 15) is 4.79 Å². The highest BCUT2D eigenvalue weighted by Crippen LogP contribution is 2.29. The Kier molecular flexibility index (Phi) is 7.36. The van der Waals surface area contributed by atoms with Gasteiger partial charge >= 0.3 is 0 Å². The molecule has 168 valence electrons. The zero-order chi connectivity index (χ0) is 23.0. The highest BCUT2D eigenvalue weighted by molar-refractivity contribution is 8.00. The van der Waals surface area contributed by atoms with E-state index in [4.69, 9.17) is 4.74 Å². The zero-order valence-corrected chi connectivity index (χ0v) is 19.3. The minimum atomic E-state index is -0.427. The van der Waals surface area contributed by atoms with Crippen LogP contribution >= 0.6 is 11.8 Å². The first kappa shape index (κ1) is 22.5. The maximum Gasteiger partial charge on any atom is 0.234 e. The number of rotatable bonds is 9. The summed E-state index contributed by atoms with van der Waals surface area (Å²) in [6, 6.07) is 27.2. The molecule has 0 bridgehead atoms. The third-order valence-corrected chi connectivity index (χ3v) is 6.07. The molecule has 0 aliphatic rings. The standard InChI is InChI=1S/C25H25N5O2S/c1-3-32-22-17-11-10-16-21(22)30-25(27-28-29-30)33-18(2)24(31)26-23(19-12-6-4-7-13-19)20-14-8-5-9-15-20/h4-18,23H,3H2,1-2H3,(H,26,31). The summed E-state index contributed by atoms with van der Waals surface area (Å²) < 4.78 is 7.32. The van der Waals surface area contributed by atoms with Crippen molar-refractivity contribution in [2.75, 3.05) is 6.61 Å². The second-order valence-corrected chi connectivity index (χ2v) is 8.61. The smallest absolute Gasteiger partial charge is 0.234 e. The molecule has 4 rings (SSSR count). The summed E-state index contributed by atoms with van der Waals surface area (Å²) in [5.41, 5.74) is 2.76. The first-order valence-electron chi connectivity index (χ1n) is 10.7. The average Bonchev–Trinajstić information content (AvgIpc) is 3.32. The second kappa shape index (κ2) is 10.8. The van der Waals surface area contributed by atoms with Gasteiger partial charge in [-0.3, -0.25) is 4.79 Å². The maximum atomic E-state index is 13.2. The number of nitrogens with one attached hydrogen (secondary N) is 1. The molecule has 3 aromatic carbocycles. The van der Waals surface area contributed by atoms with Crippen LogP contribution in [0.2, 0.25) is 0 Å².